The molecule has 0 saturated heterocycles. The van der Waals surface area contributed by atoms with E-state index in [1.807, 2.05) is 0 Å². The number of para-hydroxylation sites is 1. The quantitative estimate of drug-likeness (QED) is 0.232. The first-order valence-electron chi connectivity index (χ1n) is 11.6. The van der Waals surface area contributed by atoms with E-state index in [0.717, 1.165) is 6.07 Å². The zero-order chi connectivity index (χ0) is 29.6. The van der Waals surface area contributed by atoms with E-state index in [9.17, 15) is 22.8 Å². The molecular formula is C25H18Cl2F3N7O3S. The van der Waals surface area contributed by atoms with Gasteiger partial charge in [-0.2, -0.15) is 23.4 Å². The summed E-state index contributed by atoms with van der Waals surface area (Å²) < 4.78 is 49.7. The molecule has 1 aromatic carbocycles. The molecule has 2 amide bonds. The molecule has 0 spiro atoms. The minimum absolute atomic E-state index is 0.0718. The lowest BCUT2D eigenvalue weighted by atomic mass is 10.0. The molecule has 0 fully saturated rings. The van der Waals surface area contributed by atoms with E-state index in [4.69, 9.17) is 33.7 Å². The third kappa shape index (κ3) is 5.45. The summed E-state index contributed by atoms with van der Waals surface area (Å²) in [5.41, 5.74) is 5.20. The molecule has 0 aliphatic rings. The zero-order valence-electron chi connectivity index (χ0n) is 21.1. The maximum atomic E-state index is 13.8. The molecule has 10 nitrogen and oxygen atoms in total. The molecule has 3 N–H and O–H groups in total. The fraction of sp³-hybridized carbons (Fsp3) is 0.160. The van der Waals surface area contributed by atoms with Gasteiger partial charge in [-0.1, -0.05) is 29.3 Å². The third-order valence-electron chi connectivity index (χ3n) is 6.07. The van der Waals surface area contributed by atoms with Gasteiger partial charge in [0.15, 0.2) is 18.2 Å². The Balaban J connectivity index is 1.53. The Hall–Kier alpha value is -4.14. The maximum Gasteiger partial charge on any atom is 0.433 e. The molecule has 5 aromatic rings. The van der Waals surface area contributed by atoms with Crippen LogP contribution in [-0.4, -0.2) is 36.4 Å². The standard InChI is InChI=1S/C25H18Cl2F3N7O3S/c1-11-13(9-32-36(11)2)12-8-17(25(28,29)30)33-24-18(12)19(21(41-24)22(31)38)34-23(39)16-6-7-37(35-16)10-40-20-14(26)4-3-5-15(20)27/h3-9H,10H2,1-2H3,(H2,31,38)(H,34,39). The molecule has 0 aliphatic heterocycles. The van der Waals surface area contributed by atoms with Gasteiger partial charge in [0.1, 0.15) is 15.4 Å². The number of amides is 2. The Bertz CT molecular complexity index is 1810. The van der Waals surface area contributed by atoms with Gasteiger partial charge in [-0.15, -0.1) is 11.3 Å². The van der Waals surface area contributed by atoms with E-state index in [0.29, 0.717) is 22.6 Å². The molecule has 0 radical (unpaired) electrons. The Morgan fingerprint density at radius 2 is 1.88 bits per heavy atom. The first kappa shape index (κ1) is 28.4. The van der Waals surface area contributed by atoms with Crippen LogP contribution in [0.5, 0.6) is 5.75 Å². The number of hydrogen-bond acceptors (Lipinski definition) is 7. The van der Waals surface area contributed by atoms with Crippen LogP contribution >= 0.6 is 34.5 Å². The second-order valence-electron chi connectivity index (χ2n) is 8.69. The number of primary amides is 1. The van der Waals surface area contributed by atoms with Crippen molar-refractivity contribution in [3.8, 4) is 16.9 Å². The SMILES string of the molecule is Cc1c(-c2cc(C(F)(F)F)nc3sc(C(N)=O)c(NC(=O)c4ccn(COc5c(Cl)cccc5Cl)n4)c23)cnn1C. The Labute approximate surface area is 243 Å². The molecule has 0 atom stereocenters. The average Bonchev–Trinajstić information content (AvgIpc) is 3.61. The lowest BCUT2D eigenvalue weighted by molar-refractivity contribution is -0.140. The van der Waals surface area contributed by atoms with Crippen molar-refractivity contribution < 1.29 is 27.5 Å². The van der Waals surface area contributed by atoms with E-state index in [-0.39, 0.29) is 54.6 Å². The number of thiophene rings is 1. The first-order valence-corrected chi connectivity index (χ1v) is 13.2. The molecule has 0 bridgehead atoms. The number of hydrogen-bond donors (Lipinski definition) is 2. The van der Waals surface area contributed by atoms with Crippen molar-refractivity contribution in [1.29, 1.82) is 0 Å². The summed E-state index contributed by atoms with van der Waals surface area (Å²) in [6.45, 7) is 1.53. The number of fused-ring (bicyclic) bond motifs is 1. The van der Waals surface area contributed by atoms with Crippen molar-refractivity contribution in [3.63, 3.8) is 0 Å². The summed E-state index contributed by atoms with van der Waals surface area (Å²) in [4.78, 5) is 29.0. The van der Waals surface area contributed by atoms with Crippen LogP contribution in [0.2, 0.25) is 10.0 Å². The van der Waals surface area contributed by atoms with Crippen LogP contribution in [0.3, 0.4) is 0 Å². The van der Waals surface area contributed by atoms with Crippen LogP contribution < -0.4 is 15.8 Å². The Morgan fingerprint density at radius 1 is 1.17 bits per heavy atom. The number of anilines is 1. The van der Waals surface area contributed by atoms with E-state index in [1.54, 1.807) is 32.2 Å². The topological polar surface area (TPSA) is 130 Å². The molecule has 0 saturated carbocycles. The van der Waals surface area contributed by atoms with Crippen molar-refractivity contribution in [2.24, 2.45) is 12.8 Å². The summed E-state index contributed by atoms with van der Waals surface area (Å²) in [6.07, 6.45) is -1.92. The number of rotatable bonds is 7. The number of nitrogens with zero attached hydrogens (tertiary/aromatic N) is 5. The second-order valence-corrected chi connectivity index (χ2v) is 10.5. The van der Waals surface area contributed by atoms with Crippen molar-refractivity contribution in [2.45, 2.75) is 19.8 Å². The molecule has 16 heteroatoms. The van der Waals surface area contributed by atoms with Gasteiger partial charge in [-0.05, 0) is 36.8 Å². The highest BCUT2D eigenvalue weighted by Crippen LogP contribution is 2.44. The monoisotopic (exact) mass is 623 g/mol. The number of aromatic nitrogens is 5. The molecule has 212 valence electrons. The normalized spacial score (nSPS) is 11.7. The van der Waals surface area contributed by atoms with Gasteiger partial charge >= 0.3 is 6.18 Å². The van der Waals surface area contributed by atoms with Crippen LogP contribution in [0, 0.1) is 6.92 Å². The number of aryl methyl sites for hydroxylation is 1. The average molecular weight is 624 g/mol. The fourth-order valence-electron chi connectivity index (χ4n) is 4.00. The van der Waals surface area contributed by atoms with Crippen molar-refractivity contribution in [1.82, 2.24) is 24.5 Å². The minimum atomic E-state index is -4.78. The van der Waals surface area contributed by atoms with Gasteiger partial charge in [0.25, 0.3) is 11.8 Å². The lowest BCUT2D eigenvalue weighted by Crippen LogP contribution is -2.18. The summed E-state index contributed by atoms with van der Waals surface area (Å²) in [6, 6.07) is 7.09. The molecule has 0 unspecified atom stereocenters. The summed E-state index contributed by atoms with van der Waals surface area (Å²) in [5, 5.41) is 11.6. The molecule has 5 rings (SSSR count). The highest BCUT2D eigenvalue weighted by atomic mass is 35.5. The van der Waals surface area contributed by atoms with Gasteiger partial charge in [-0.3, -0.25) is 14.3 Å². The van der Waals surface area contributed by atoms with E-state index >= 15 is 0 Å². The number of halogens is 5. The number of pyridine rings is 1. The number of nitrogens with two attached hydrogens (primary N) is 1. The highest BCUT2D eigenvalue weighted by Gasteiger charge is 2.35. The van der Waals surface area contributed by atoms with Gasteiger partial charge < -0.3 is 15.8 Å². The molecule has 0 aliphatic carbocycles. The van der Waals surface area contributed by atoms with Crippen LogP contribution in [0.1, 0.15) is 31.5 Å². The van der Waals surface area contributed by atoms with Gasteiger partial charge in [0.05, 0.1) is 21.9 Å². The fourth-order valence-corrected chi connectivity index (χ4v) is 5.51. The van der Waals surface area contributed by atoms with E-state index in [2.05, 4.69) is 20.5 Å². The Morgan fingerprint density at radius 3 is 2.49 bits per heavy atom. The van der Waals surface area contributed by atoms with Crippen LogP contribution in [-0.2, 0) is 20.0 Å². The minimum Gasteiger partial charge on any atom is -0.468 e. The first-order chi connectivity index (χ1) is 19.3. The number of carbonyl (C=O) groups is 2. The molecule has 4 aromatic heterocycles. The van der Waals surface area contributed by atoms with Crippen molar-refractivity contribution >= 4 is 62.3 Å². The molecular weight excluding hydrogens is 606 g/mol. The summed E-state index contributed by atoms with van der Waals surface area (Å²) >= 11 is 12.9. The number of nitrogens with one attached hydrogen (secondary N) is 1. The van der Waals surface area contributed by atoms with Gasteiger partial charge in [0, 0.05) is 29.9 Å². The second kappa shape index (κ2) is 10.7. The third-order valence-corrected chi connectivity index (χ3v) is 7.77. The van der Waals surface area contributed by atoms with Crippen molar-refractivity contribution in [2.75, 3.05) is 5.32 Å². The lowest BCUT2D eigenvalue weighted by Gasteiger charge is -2.12. The van der Waals surface area contributed by atoms with Crippen LogP contribution in [0.4, 0.5) is 18.9 Å². The predicted octanol–water partition coefficient (Wildman–Crippen LogP) is 5.92. The molecule has 4 heterocycles. The number of alkyl halides is 3. The maximum absolute atomic E-state index is 13.8. The zero-order valence-corrected chi connectivity index (χ0v) is 23.4. The number of benzene rings is 1. The van der Waals surface area contributed by atoms with Crippen molar-refractivity contribution in [3.05, 3.63) is 74.7 Å². The van der Waals surface area contributed by atoms with Gasteiger partial charge in [0.2, 0.25) is 0 Å². The predicted molar refractivity (Wildman–Crippen MR) is 147 cm³/mol. The van der Waals surface area contributed by atoms with Crippen LogP contribution in [0.15, 0.2) is 42.7 Å². The largest absolute Gasteiger partial charge is 0.468 e. The molecule has 41 heavy (non-hydrogen) atoms. The van der Waals surface area contributed by atoms with Crippen LogP contribution in [0.25, 0.3) is 21.3 Å². The van der Waals surface area contributed by atoms with E-state index < -0.39 is 23.7 Å². The number of ether oxygens (including phenoxy) is 1. The summed E-state index contributed by atoms with van der Waals surface area (Å²) in [5.74, 6) is -1.48. The smallest absolute Gasteiger partial charge is 0.433 e. The summed E-state index contributed by atoms with van der Waals surface area (Å²) in [7, 11) is 1.63. The van der Waals surface area contributed by atoms with E-state index in [1.165, 1.54) is 27.8 Å². The van der Waals surface area contributed by atoms with Gasteiger partial charge in [-0.25, -0.2) is 9.67 Å². The highest BCUT2D eigenvalue weighted by molar-refractivity contribution is 7.21. The number of carbonyl (C=O) groups excluding carboxylic acids is 2. The Kier molecular flexibility index (Phi) is 7.40.